The summed E-state index contributed by atoms with van der Waals surface area (Å²) in [4.78, 5) is 27.9. The smallest absolute Gasteiger partial charge is 0.408 e. The van der Waals surface area contributed by atoms with Crippen molar-refractivity contribution in [2.24, 2.45) is 0 Å². The minimum Gasteiger partial charge on any atom is -0.480 e. The number of amides is 1. The summed E-state index contributed by atoms with van der Waals surface area (Å²) in [5.41, 5.74) is 1.70. The number of para-hydroxylation sites is 1. The molecule has 0 aliphatic heterocycles. The van der Waals surface area contributed by atoms with Crippen LogP contribution in [0.15, 0.2) is 24.3 Å². The van der Waals surface area contributed by atoms with Crippen LogP contribution in [0.4, 0.5) is 4.79 Å². The van der Waals surface area contributed by atoms with Crippen LogP contribution in [0.25, 0.3) is 10.9 Å². The zero-order valence-electron chi connectivity index (χ0n) is 15.3. The molecule has 140 valence electrons. The lowest BCUT2D eigenvalue weighted by Gasteiger charge is -2.22. The highest BCUT2D eigenvalue weighted by molar-refractivity contribution is 6.30. The van der Waals surface area contributed by atoms with Crippen LogP contribution < -0.4 is 5.32 Å². The Morgan fingerprint density at radius 2 is 2.00 bits per heavy atom. The maximum Gasteiger partial charge on any atom is 0.408 e. The third-order valence-corrected chi connectivity index (χ3v) is 4.08. The number of alkyl carbamates (subject to hydrolysis) is 1. The number of aryl methyl sites for hydroxylation is 1. The van der Waals surface area contributed by atoms with Crippen LogP contribution in [0, 0.1) is 0 Å². The second-order valence-electron chi connectivity index (χ2n) is 7.02. The summed E-state index contributed by atoms with van der Waals surface area (Å²) in [5.74, 6) is -1.17. The molecule has 0 aliphatic rings. The predicted molar refractivity (Wildman–Crippen MR) is 101 cm³/mol. The van der Waals surface area contributed by atoms with Crippen molar-refractivity contribution in [1.29, 1.82) is 0 Å². The Bertz CT molecular complexity index is 830. The van der Waals surface area contributed by atoms with Gasteiger partial charge in [0.1, 0.15) is 16.8 Å². The topological polar surface area (TPSA) is 88.5 Å². The summed E-state index contributed by atoms with van der Waals surface area (Å²) in [7, 11) is 0. The molecule has 1 atom stereocenters. The van der Waals surface area contributed by atoms with E-state index in [4.69, 9.17) is 16.3 Å². The second kappa shape index (κ2) is 7.91. The number of aliphatic carboxylic acids is 1. The normalized spacial score (nSPS) is 12.7. The van der Waals surface area contributed by atoms with Gasteiger partial charge >= 0.3 is 12.1 Å². The van der Waals surface area contributed by atoms with Crippen molar-refractivity contribution >= 4 is 34.6 Å². The van der Waals surface area contributed by atoms with Gasteiger partial charge in [0.05, 0.1) is 5.52 Å². The molecular formula is C19H23ClN2O4. The largest absolute Gasteiger partial charge is 0.480 e. The highest BCUT2D eigenvalue weighted by Crippen LogP contribution is 2.24. The van der Waals surface area contributed by atoms with Gasteiger partial charge in [-0.1, -0.05) is 36.7 Å². The number of ether oxygens (including phenoxy) is 1. The molecule has 1 heterocycles. The van der Waals surface area contributed by atoms with Crippen molar-refractivity contribution in [2.75, 3.05) is 0 Å². The Balaban J connectivity index is 2.27. The van der Waals surface area contributed by atoms with Crippen molar-refractivity contribution in [1.82, 2.24) is 10.3 Å². The Morgan fingerprint density at radius 1 is 1.31 bits per heavy atom. The van der Waals surface area contributed by atoms with Crippen LogP contribution in [-0.2, 0) is 22.4 Å². The van der Waals surface area contributed by atoms with Crippen LogP contribution in [0.3, 0.4) is 0 Å². The zero-order chi connectivity index (χ0) is 19.5. The first-order chi connectivity index (χ1) is 12.1. The molecule has 26 heavy (non-hydrogen) atoms. The highest BCUT2D eigenvalue weighted by atomic mass is 35.5. The van der Waals surface area contributed by atoms with Gasteiger partial charge in [-0.05, 0) is 44.4 Å². The summed E-state index contributed by atoms with van der Waals surface area (Å²) in [6, 6.07) is 6.45. The van der Waals surface area contributed by atoms with Gasteiger partial charge in [0.2, 0.25) is 0 Å². The lowest BCUT2D eigenvalue weighted by atomic mass is 10.0. The number of halogens is 1. The average Bonchev–Trinajstić information content (AvgIpc) is 2.52. The fourth-order valence-corrected chi connectivity index (χ4v) is 2.80. The monoisotopic (exact) mass is 378 g/mol. The number of nitrogens with one attached hydrogen (secondary N) is 1. The molecule has 0 radical (unpaired) electrons. The molecule has 0 bridgehead atoms. The number of rotatable bonds is 5. The van der Waals surface area contributed by atoms with Gasteiger partial charge in [-0.2, -0.15) is 0 Å². The van der Waals surface area contributed by atoms with E-state index < -0.39 is 23.7 Å². The molecule has 0 aliphatic carbocycles. The first kappa shape index (κ1) is 20.0. The lowest BCUT2D eigenvalue weighted by molar-refractivity contribution is -0.139. The van der Waals surface area contributed by atoms with Gasteiger partial charge in [0.25, 0.3) is 0 Å². The Labute approximate surface area is 157 Å². The molecule has 0 saturated heterocycles. The highest BCUT2D eigenvalue weighted by Gasteiger charge is 2.25. The van der Waals surface area contributed by atoms with Crippen LogP contribution in [-0.4, -0.2) is 33.8 Å². The van der Waals surface area contributed by atoms with E-state index in [2.05, 4.69) is 10.3 Å². The molecule has 1 amide bonds. The number of hydrogen-bond donors (Lipinski definition) is 2. The third kappa shape index (κ3) is 5.08. The SMILES string of the molecule is CCc1cccc2cc(CC(NC(=O)OC(C)(C)C)C(=O)O)c(Cl)nc12. The fraction of sp³-hybridized carbons (Fsp3) is 0.421. The summed E-state index contributed by atoms with van der Waals surface area (Å²) in [5, 5.41) is 12.9. The van der Waals surface area contributed by atoms with Crippen molar-refractivity contribution < 1.29 is 19.4 Å². The molecule has 2 rings (SSSR count). The van der Waals surface area contributed by atoms with Crippen molar-refractivity contribution in [3.8, 4) is 0 Å². The standard InChI is InChI=1S/C19H23ClN2O4/c1-5-11-7-6-8-12-9-13(16(20)22-15(11)12)10-14(17(23)24)21-18(25)26-19(2,3)4/h6-9,14H,5,10H2,1-4H3,(H,21,25)(H,23,24). The lowest BCUT2D eigenvalue weighted by Crippen LogP contribution is -2.44. The summed E-state index contributed by atoms with van der Waals surface area (Å²) in [6.45, 7) is 7.15. The molecule has 1 unspecified atom stereocenters. The van der Waals surface area contributed by atoms with E-state index >= 15 is 0 Å². The van der Waals surface area contributed by atoms with Crippen LogP contribution in [0.2, 0.25) is 5.15 Å². The first-order valence-corrected chi connectivity index (χ1v) is 8.78. The average molecular weight is 379 g/mol. The number of aromatic nitrogens is 1. The van der Waals surface area contributed by atoms with Crippen LogP contribution in [0.5, 0.6) is 0 Å². The number of carboxylic acid groups (broad SMARTS) is 1. The van der Waals surface area contributed by atoms with E-state index in [-0.39, 0.29) is 11.6 Å². The quantitative estimate of drug-likeness (QED) is 0.768. The number of carbonyl (C=O) groups excluding carboxylic acids is 1. The predicted octanol–water partition coefficient (Wildman–Crippen LogP) is 3.97. The Morgan fingerprint density at radius 3 is 2.58 bits per heavy atom. The fourth-order valence-electron chi connectivity index (χ4n) is 2.58. The molecule has 1 aromatic heterocycles. The Kier molecular flexibility index (Phi) is 6.08. The number of carbonyl (C=O) groups is 2. The first-order valence-electron chi connectivity index (χ1n) is 8.40. The van der Waals surface area contributed by atoms with Gasteiger partial charge < -0.3 is 15.2 Å². The van der Waals surface area contributed by atoms with Gasteiger partial charge in [0, 0.05) is 11.8 Å². The molecular weight excluding hydrogens is 356 g/mol. The number of fused-ring (bicyclic) bond motifs is 1. The molecule has 2 N–H and O–H groups in total. The van der Waals surface area contributed by atoms with Gasteiger partial charge in [0.15, 0.2) is 0 Å². The maximum atomic E-state index is 11.9. The zero-order valence-corrected chi connectivity index (χ0v) is 16.1. The minimum atomic E-state index is -1.17. The number of carboxylic acids is 1. The van der Waals surface area contributed by atoms with Crippen molar-refractivity contribution in [3.63, 3.8) is 0 Å². The van der Waals surface area contributed by atoms with Gasteiger partial charge in [-0.25, -0.2) is 14.6 Å². The minimum absolute atomic E-state index is 0.00665. The summed E-state index contributed by atoms with van der Waals surface area (Å²) < 4.78 is 5.12. The van der Waals surface area contributed by atoms with Gasteiger partial charge in [-0.3, -0.25) is 0 Å². The number of pyridine rings is 1. The van der Waals surface area contributed by atoms with E-state index in [1.54, 1.807) is 20.8 Å². The molecule has 2 aromatic rings. The van der Waals surface area contributed by atoms with Crippen LogP contribution >= 0.6 is 11.6 Å². The summed E-state index contributed by atoms with van der Waals surface area (Å²) in [6.07, 6.45) is 0.0352. The van der Waals surface area contributed by atoms with Crippen molar-refractivity contribution in [3.05, 3.63) is 40.5 Å². The summed E-state index contributed by atoms with van der Waals surface area (Å²) >= 11 is 6.28. The molecule has 1 aromatic carbocycles. The second-order valence-corrected chi connectivity index (χ2v) is 7.38. The molecule has 0 saturated carbocycles. The van der Waals surface area contributed by atoms with E-state index in [1.807, 2.05) is 31.2 Å². The van der Waals surface area contributed by atoms with Crippen molar-refractivity contribution in [2.45, 2.75) is 52.2 Å². The van der Waals surface area contributed by atoms with Crippen LogP contribution in [0.1, 0.15) is 38.8 Å². The van der Waals surface area contributed by atoms with E-state index in [0.29, 0.717) is 5.56 Å². The van der Waals surface area contributed by atoms with E-state index in [0.717, 1.165) is 22.9 Å². The van der Waals surface area contributed by atoms with Gasteiger partial charge in [-0.15, -0.1) is 0 Å². The Hall–Kier alpha value is -2.34. The van der Waals surface area contributed by atoms with E-state index in [9.17, 15) is 14.7 Å². The number of benzene rings is 1. The maximum absolute atomic E-state index is 11.9. The molecule has 0 fully saturated rings. The molecule has 0 spiro atoms. The number of hydrogen-bond acceptors (Lipinski definition) is 4. The molecule has 6 nitrogen and oxygen atoms in total. The van der Waals surface area contributed by atoms with E-state index in [1.165, 1.54) is 0 Å². The number of nitrogens with zero attached hydrogens (tertiary/aromatic N) is 1. The third-order valence-electron chi connectivity index (χ3n) is 3.75. The molecule has 7 heteroatoms.